The van der Waals surface area contributed by atoms with E-state index in [1.54, 1.807) is 0 Å². The number of aryl methyl sites for hydroxylation is 1. The first-order valence-electron chi connectivity index (χ1n) is 8.37. The predicted molar refractivity (Wildman–Crippen MR) is 90.7 cm³/mol. The van der Waals surface area contributed by atoms with E-state index in [0.717, 1.165) is 38.0 Å². The third kappa shape index (κ3) is 4.70. The first-order valence-corrected chi connectivity index (χ1v) is 8.37. The molecule has 21 heavy (non-hydrogen) atoms. The summed E-state index contributed by atoms with van der Waals surface area (Å²) in [5.74, 6) is 3.40. The molecule has 2 heterocycles. The Morgan fingerprint density at radius 2 is 1.95 bits per heavy atom. The van der Waals surface area contributed by atoms with Gasteiger partial charge in [-0.3, -0.25) is 0 Å². The van der Waals surface area contributed by atoms with Gasteiger partial charge in [0.1, 0.15) is 5.82 Å². The van der Waals surface area contributed by atoms with Crippen LogP contribution in [0.15, 0.2) is 12.3 Å². The van der Waals surface area contributed by atoms with Crippen molar-refractivity contribution in [1.82, 2.24) is 10.3 Å². The zero-order chi connectivity index (χ0) is 15.4. The molecule has 118 valence electrons. The average molecular weight is 289 g/mol. The molecular weight excluding hydrogens is 258 g/mol. The molecule has 1 saturated heterocycles. The van der Waals surface area contributed by atoms with Crippen molar-refractivity contribution in [2.24, 2.45) is 17.8 Å². The summed E-state index contributed by atoms with van der Waals surface area (Å²) in [5, 5.41) is 3.49. The molecule has 0 bridgehead atoms. The van der Waals surface area contributed by atoms with Gasteiger partial charge < -0.3 is 10.2 Å². The highest BCUT2D eigenvalue weighted by atomic mass is 15.2. The summed E-state index contributed by atoms with van der Waals surface area (Å²) >= 11 is 0. The van der Waals surface area contributed by atoms with E-state index in [1.807, 2.05) is 6.20 Å². The first kappa shape index (κ1) is 16.3. The van der Waals surface area contributed by atoms with Crippen LogP contribution in [0.5, 0.6) is 0 Å². The van der Waals surface area contributed by atoms with Crippen LogP contribution < -0.4 is 10.2 Å². The fourth-order valence-electron chi connectivity index (χ4n) is 3.39. The van der Waals surface area contributed by atoms with Crippen LogP contribution in [0.3, 0.4) is 0 Å². The van der Waals surface area contributed by atoms with Crippen LogP contribution >= 0.6 is 0 Å². The SMILES string of the molecule is Cc1cc(CNCC(C)C)cnc1N1CC(C)CC(C)C1. The summed E-state index contributed by atoms with van der Waals surface area (Å²) in [5.41, 5.74) is 2.59. The lowest BCUT2D eigenvalue weighted by molar-refractivity contribution is 0.355. The van der Waals surface area contributed by atoms with Gasteiger partial charge in [0.2, 0.25) is 0 Å². The van der Waals surface area contributed by atoms with Gasteiger partial charge in [0, 0.05) is 25.8 Å². The molecule has 2 unspecified atom stereocenters. The minimum absolute atomic E-state index is 0.689. The van der Waals surface area contributed by atoms with Crippen LogP contribution in [0, 0.1) is 24.7 Å². The van der Waals surface area contributed by atoms with Gasteiger partial charge in [-0.1, -0.05) is 27.7 Å². The summed E-state index contributed by atoms with van der Waals surface area (Å²) in [6.45, 7) is 15.6. The zero-order valence-corrected chi connectivity index (χ0v) is 14.3. The van der Waals surface area contributed by atoms with Crippen molar-refractivity contribution in [3.8, 4) is 0 Å². The van der Waals surface area contributed by atoms with Gasteiger partial charge >= 0.3 is 0 Å². The van der Waals surface area contributed by atoms with Gasteiger partial charge in [0.05, 0.1) is 0 Å². The Bertz CT molecular complexity index is 446. The van der Waals surface area contributed by atoms with E-state index in [0.29, 0.717) is 5.92 Å². The average Bonchev–Trinajstić information content (AvgIpc) is 2.37. The Labute approximate surface area is 130 Å². The summed E-state index contributed by atoms with van der Waals surface area (Å²) < 4.78 is 0. The monoisotopic (exact) mass is 289 g/mol. The van der Waals surface area contributed by atoms with Gasteiger partial charge in [0.15, 0.2) is 0 Å². The Morgan fingerprint density at radius 1 is 1.29 bits per heavy atom. The van der Waals surface area contributed by atoms with Crippen molar-refractivity contribution in [1.29, 1.82) is 0 Å². The molecule has 0 aromatic carbocycles. The van der Waals surface area contributed by atoms with Crippen molar-refractivity contribution in [3.63, 3.8) is 0 Å². The van der Waals surface area contributed by atoms with Crippen LogP contribution in [0.25, 0.3) is 0 Å². The molecule has 0 saturated carbocycles. The van der Waals surface area contributed by atoms with Crippen LogP contribution in [-0.4, -0.2) is 24.6 Å². The summed E-state index contributed by atoms with van der Waals surface area (Å²) in [4.78, 5) is 7.23. The third-order valence-electron chi connectivity index (χ3n) is 4.16. The highest BCUT2D eigenvalue weighted by Crippen LogP contribution is 2.27. The summed E-state index contributed by atoms with van der Waals surface area (Å²) in [7, 11) is 0. The third-order valence-corrected chi connectivity index (χ3v) is 4.16. The molecule has 1 N–H and O–H groups in total. The van der Waals surface area contributed by atoms with Crippen molar-refractivity contribution in [2.75, 3.05) is 24.5 Å². The van der Waals surface area contributed by atoms with Crippen LogP contribution in [0.4, 0.5) is 5.82 Å². The molecule has 0 aliphatic carbocycles. The van der Waals surface area contributed by atoms with E-state index in [-0.39, 0.29) is 0 Å². The maximum Gasteiger partial charge on any atom is 0.131 e. The zero-order valence-electron chi connectivity index (χ0n) is 14.3. The molecule has 1 aromatic rings. The maximum atomic E-state index is 4.75. The lowest BCUT2D eigenvalue weighted by Gasteiger charge is -2.36. The lowest BCUT2D eigenvalue weighted by Crippen LogP contribution is -2.39. The normalized spacial score (nSPS) is 22.9. The van der Waals surface area contributed by atoms with E-state index in [2.05, 4.69) is 50.9 Å². The molecule has 1 aromatic heterocycles. The van der Waals surface area contributed by atoms with E-state index in [9.17, 15) is 0 Å². The van der Waals surface area contributed by atoms with Crippen molar-refractivity contribution < 1.29 is 0 Å². The molecule has 2 rings (SSSR count). The van der Waals surface area contributed by atoms with E-state index in [4.69, 9.17) is 4.98 Å². The Morgan fingerprint density at radius 3 is 2.52 bits per heavy atom. The standard InChI is InChI=1S/C18H31N3/c1-13(2)8-19-9-17-7-16(5)18(20-10-17)21-11-14(3)6-15(4)12-21/h7,10,13-15,19H,6,8-9,11-12H2,1-5H3. The Kier molecular flexibility index (Phi) is 5.63. The van der Waals surface area contributed by atoms with E-state index >= 15 is 0 Å². The van der Waals surface area contributed by atoms with Gasteiger partial charge in [0.25, 0.3) is 0 Å². The smallest absolute Gasteiger partial charge is 0.131 e. The molecule has 0 radical (unpaired) electrons. The fraction of sp³-hybridized carbons (Fsp3) is 0.722. The van der Waals surface area contributed by atoms with Gasteiger partial charge in [-0.25, -0.2) is 4.98 Å². The summed E-state index contributed by atoms with van der Waals surface area (Å²) in [6, 6.07) is 2.29. The largest absolute Gasteiger partial charge is 0.356 e. The van der Waals surface area contributed by atoms with E-state index < -0.39 is 0 Å². The molecule has 1 fully saturated rings. The van der Waals surface area contributed by atoms with Gasteiger partial charge in [-0.15, -0.1) is 0 Å². The molecule has 1 aliphatic heterocycles. The number of hydrogen-bond acceptors (Lipinski definition) is 3. The Balaban J connectivity index is 2.01. The number of piperidine rings is 1. The minimum Gasteiger partial charge on any atom is -0.356 e. The van der Waals surface area contributed by atoms with Crippen LogP contribution in [0.2, 0.25) is 0 Å². The van der Waals surface area contributed by atoms with Crippen molar-refractivity contribution in [2.45, 2.75) is 47.6 Å². The maximum absolute atomic E-state index is 4.75. The van der Waals surface area contributed by atoms with Gasteiger partial charge in [-0.05, 0) is 54.8 Å². The van der Waals surface area contributed by atoms with E-state index in [1.165, 1.54) is 23.4 Å². The molecule has 0 amide bonds. The van der Waals surface area contributed by atoms with Crippen LogP contribution in [-0.2, 0) is 6.54 Å². The highest BCUT2D eigenvalue weighted by molar-refractivity contribution is 5.47. The number of nitrogens with one attached hydrogen (secondary N) is 1. The summed E-state index contributed by atoms with van der Waals surface area (Å²) in [6.07, 6.45) is 3.38. The molecule has 3 heteroatoms. The highest BCUT2D eigenvalue weighted by Gasteiger charge is 2.23. The van der Waals surface area contributed by atoms with Gasteiger partial charge in [-0.2, -0.15) is 0 Å². The topological polar surface area (TPSA) is 28.2 Å². The molecule has 1 aliphatic rings. The minimum atomic E-state index is 0.689. The van der Waals surface area contributed by atoms with Crippen molar-refractivity contribution >= 4 is 5.82 Å². The lowest BCUT2D eigenvalue weighted by atomic mass is 9.91. The second kappa shape index (κ2) is 7.26. The molecule has 3 nitrogen and oxygen atoms in total. The second-order valence-electron chi connectivity index (χ2n) is 7.36. The number of aromatic nitrogens is 1. The molecular formula is C18H31N3. The van der Waals surface area contributed by atoms with Crippen molar-refractivity contribution in [3.05, 3.63) is 23.4 Å². The fourth-order valence-corrected chi connectivity index (χ4v) is 3.39. The number of pyridine rings is 1. The number of rotatable bonds is 5. The number of anilines is 1. The molecule has 2 atom stereocenters. The predicted octanol–water partition coefficient (Wildman–Crippen LogP) is 3.62. The number of nitrogens with zero attached hydrogens (tertiary/aromatic N) is 2. The number of hydrogen-bond donors (Lipinski definition) is 1. The second-order valence-corrected chi connectivity index (χ2v) is 7.36. The van der Waals surface area contributed by atoms with Crippen LogP contribution in [0.1, 0.15) is 45.2 Å². The first-order chi connectivity index (χ1) is 9.95. The molecule has 0 spiro atoms. The Hall–Kier alpha value is -1.09. The quantitative estimate of drug-likeness (QED) is 0.897.